The van der Waals surface area contributed by atoms with Crippen molar-refractivity contribution >= 4 is 34.2 Å². The zero-order chi connectivity index (χ0) is 18.0. The van der Waals surface area contributed by atoms with Gasteiger partial charge in [0.15, 0.2) is 5.69 Å². The zero-order valence-electron chi connectivity index (χ0n) is 13.6. The van der Waals surface area contributed by atoms with E-state index < -0.39 is 17.8 Å². The van der Waals surface area contributed by atoms with E-state index in [1.54, 1.807) is 6.20 Å². The van der Waals surface area contributed by atoms with Gasteiger partial charge < -0.3 is 15.2 Å². The molecular formula is C16H17N3O5S. The molecule has 1 amide bonds. The highest BCUT2D eigenvalue weighted by Gasteiger charge is 2.28. The molecule has 0 saturated carbocycles. The maximum absolute atomic E-state index is 12.4. The molecule has 0 spiro atoms. The number of hydrogen-bond acceptors (Lipinski definition) is 6. The topological polar surface area (TPSA) is 111 Å². The highest BCUT2D eigenvalue weighted by molar-refractivity contribution is 7.17. The van der Waals surface area contributed by atoms with E-state index in [1.807, 2.05) is 0 Å². The summed E-state index contributed by atoms with van der Waals surface area (Å²) in [6.45, 7) is 0.184. The maximum atomic E-state index is 12.4. The van der Waals surface area contributed by atoms with Gasteiger partial charge in [-0.25, -0.2) is 4.79 Å². The third-order valence-electron chi connectivity index (χ3n) is 3.97. The normalized spacial score (nSPS) is 12.7. The lowest BCUT2D eigenvalue weighted by Gasteiger charge is -2.05. The van der Waals surface area contributed by atoms with Gasteiger partial charge in [-0.1, -0.05) is 0 Å². The Hall–Kier alpha value is -2.68. The van der Waals surface area contributed by atoms with Gasteiger partial charge in [0.1, 0.15) is 5.00 Å². The van der Waals surface area contributed by atoms with E-state index in [1.165, 1.54) is 29.2 Å². The number of nitrogens with zero attached hydrogens (tertiary/aromatic N) is 2. The van der Waals surface area contributed by atoms with E-state index >= 15 is 0 Å². The van der Waals surface area contributed by atoms with E-state index in [2.05, 4.69) is 10.4 Å². The van der Waals surface area contributed by atoms with E-state index in [9.17, 15) is 14.4 Å². The summed E-state index contributed by atoms with van der Waals surface area (Å²) in [5.74, 6) is -1.84. The quantitative estimate of drug-likeness (QED) is 0.759. The van der Waals surface area contributed by atoms with Crippen LogP contribution in [-0.2, 0) is 28.9 Å². The Morgan fingerprint density at radius 3 is 2.92 bits per heavy atom. The first-order valence-corrected chi connectivity index (χ1v) is 8.60. The van der Waals surface area contributed by atoms with Gasteiger partial charge in [0.25, 0.3) is 5.91 Å². The fraction of sp³-hybridized carbons (Fsp3) is 0.375. The van der Waals surface area contributed by atoms with Gasteiger partial charge >= 0.3 is 11.9 Å². The van der Waals surface area contributed by atoms with Crippen LogP contribution in [0.4, 0.5) is 5.00 Å². The molecule has 25 heavy (non-hydrogen) atoms. The molecule has 2 N–H and O–H groups in total. The van der Waals surface area contributed by atoms with Crippen LogP contribution < -0.4 is 5.32 Å². The standard InChI is InChI=1S/C16H17N3O5S/c1-24-16(23)13-9-3-2-4-11(9)25-15(13)17-14(22)10-5-7-19(18-10)8-6-12(20)21/h5,7H,2-4,6,8H2,1H3,(H,17,22)(H,20,21). The summed E-state index contributed by atoms with van der Waals surface area (Å²) in [5.41, 5.74) is 1.55. The molecule has 8 nitrogen and oxygen atoms in total. The summed E-state index contributed by atoms with van der Waals surface area (Å²) < 4.78 is 6.25. The predicted octanol–water partition coefficient (Wildman–Crippen LogP) is 1.95. The summed E-state index contributed by atoms with van der Waals surface area (Å²) in [6.07, 6.45) is 4.16. The van der Waals surface area contributed by atoms with E-state index in [0.717, 1.165) is 29.7 Å². The second-order valence-corrected chi connectivity index (χ2v) is 6.72. The molecule has 0 bridgehead atoms. The van der Waals surface area contributed by atoms with E-state index in [0.29, 0.717) is 10.6 Å². The molecule has 0 aromatic carbocycles. The second-order valence-electron chi connectivity index (χ2n) is 5.61. The largest absolute Gasteiger partial charge is 0.481 e. The number of carboxylic acids is 1. The summed E-state index contributed by atoms with van der Waals surface area (Å²) in [6, 6.07) is 1.51. The number of ether oxygens (including phenoxy) is 1. The monoisotopic (exact) mass is 363 g/mol. The van der Waals surface area contributed by atoms with Crippen LogP contribution in [0.15, 0.2) is 12.3 Å². The first kappa shape index (κ1) is 17.2. The molecule has 132 valence electrons. The summed E-state index contributed by atoms with van der Waals surface area (Å²) in [5, 5.41) is 16.0. The Morgan fingerprint density at radius 2 is 2.20 bits per heavy atom. The number of amides is 1. The number of rotatable bonds is 6. The number of anilines is 1. The predicted molar refractivity (Wildman–Crippen MR) is 90.1 cm³/mol. The number of aliphatic carboxylic acids is 1. The number of hydrogen-bond donors (Lipinski definition) is 2. The van der Waals surface area contributed by atoms with Crippen LogP contribution in [0.3, 0.4) is 0 Å². The van der Waals surface area contributed by atoms with Crippen molar-refractivity contribution in [3.05, 3.63) is 34.0 Å². The summed E-state index contributed by atoms with van der Waals surface area (Å²) in [4.78, 5) is 36.2. The lowest BCUT2D eigenvalue weighted by Crippen LogP contribution is -2.16. The van der Waals surface area contributed by atoms with Crippen LogP contribution in [0.5, 0.6) is 0 Å². The third kappa shape index (κ3) is 3.55. The van der Waals surface area contributed by atoms with Crippen molar-refractivity contribution in [2.75, 3.05) is 12.4 Å². The first-order valence-electron chi connectivity index (χ1n) is 7.79. The Balaban J connectivity index is 1.77. The van der Waals surface area contributed by atoms with Crippen LogP contribution in [0.25, 0.3) is 0 Å². The first-order chi connectivity index (χ1) is 12.0. The fourth-order valence-electron chi connectivity index (χ4n) is 2.79. The number of nitrogens with one attached hydrogen (secondary N) is 1. The van der Waals surface area contributed by atoms with Crippen LogP contribution in [0.2, 0.25) is 0 Å². The van der Waals surface area contributed by atoms with Crippen molar-refractivity contribution in [3.8, 4) is 0 Å². The van der Waals surface area contributed by atoms with Crippen LogP contribution in [-0.4, -0.2) is 39.8 Å². The molecule has 0 radical (unpaired) electrons. The Kier molecular flexibility index (Phi) is 4.84. The SMILES string of the molecule is COC(=O)c1c(NC(=O)c2ccn(CCC(=O)O)n2)sc2c1CCC2. The molecule has 1 aliphatic carbocycles. The highest BCUT2D eigenvalue weighted by atomic mass is 32.1. The number of aromatic nitrogens is 2. The highest BCUT2D eigenvalue weighted by Crippen LogP contribution is 2.39. The third-order valence-corrected chi connectivity index (χ3v) is 5.17. The molecule has 0 aliphatic heterocycles. The van der Waals surface area contributed by atoms with Crippen LogP contribution in [0, 0.1) is 0 Å². The average molecular weight is 363 g/mol. The van der Waals surface area contributed by atoms with Gasteiger partial charge in [-0.3, -0.25) is 14.3 Å². The van der Waals surface area contributed by atoms with Crippen LogP contribution >= 0.6 is 11.3 Å². The van der Waals surface area contributed by atoms with Gasteiger partial charge in [-0.15, -0.1) is 11.3 Å². The number of carbonyl (C=O) groups excluding carboxylic acids is 2. The number of aryl methyl sites for hydroxylation is 2. The van der Waals surface area contributed by atoms with Gasteiger partial charge in [-0.2, -0.15) is 5.10 Å². The molecular weight excluding hydrogens is 346 g/mol. The molecule has 0 unspecified atom stereocenters. The number of thiophene rings is 1. The Labute approximate surface area is 147 Å². The Bertz CT molecular complexity index is 839. The summed E-state index contributed by atoms with van der Waals surface area (Å²) in [7, 11) is 1.32. The van der Waals surface area contributed by atoms with Gasteiger partial charge in [0.2, 0.25) is 0 Å². The van der Waals surface area contributed by atoms with Crippen molar-refractivity contribution in [1.29, 1.82) is 0 Å². The lowest BCUT2D eigenvalue weighted by molar-refractivity contribution is -0.137. The van der Waals surface area contributed by atoms with Crippen molar-refractivity contribution in [2.24, 2.45) is 0 Å². The molecule has 9 heteroatoms. The molecule has 0 fully saturated rings. The van der Waals surface area contributed by atoms with Crippen molar-refractivity contribution < 1.29 is 24.2 Å². The second kappa shape index (κ2) is 7.06. The number of fused-ring (bicyclic) bond motifs is 1. The molecule has 2 aromatic heterocycles. The number of carboxylic acid groups (broad SMARTS) is 1. The minimum atomic E-state index is -0.933. The number of esters is 1. The molecule has 0 saturated heterocycles. The van der Waals surface area contributed by atoms with Gasteiger partial charge in [0.05, 0.1) is 25.6 Å². The smallest absolute Gasteiger partial charge is 0.341 e. The molecule has 3 rings (SSSR count). The van der Waals surface area contributed by atoms with Crippen molar-refractivity contribution in [2.45, 2.75) is 32.2 Å². The maximum Gasteiger partial charge on any atom is 0.341 e. The minimum absolute atomic E-state index is 0.0765. The van der Waals surface area contributed by atoms with Crippen molar-refractivity contribution in [1.82, 2.24) is 9.78 Å². The molecule has 2 aromatic rings. The molecule has 2 heterocycles. The van der Waals surface area contributed by atoms with E-state index in [4.69, 9.17) is 9.84 Å². The Morgan fingerprint density at radius 1 is 1.40 bits per heavy atom. The zero-order valence-corrected chi connectivity index (χ0v) is 14.4. The van der Waals surface area contributed by atoms with Crippen LogP contribution in [0.1, 0.15) is 44.1 Å². The molecule has 0 atom stereocenters. The molecule has 1 aliphatic rings. The number of carbonyl (C=O) groups is 3. The summed E-state index contributed by atoms with van der Waals surface area (Å²) >= 11 is 1.39. The lowest BCUT2D eigenvalue weighted by atomic mass is 10.1. The van der Waals surface area contributed by atoms with Gasteiger partial charge in [-0.05, 0) is 30.9 Å². The minimum Gasteiger partial charge on any atom is -0.481 e. The average Bonchev–Trinajstić information content (AvgIpc) is 3.27. The number of methoxy groups -OCH3 is 1. The fourth-order valence-corrected chi connectivity index (χ4v) is 4.07. The van der Waals surface area contributed by atoms with Crippen molar-refractivity contribution in [3.63, 3.8) is 0 Å². The van der Waals surface area contributed by atoms with E-state index in [-0.39, 0.29) is 18.7 Å². The van der Waals surface area contributed by atoms with Gasteiger partial charge in [0, 0.05) is 11.1 Å².